The second-order valence-corrected chi connectivity index (χ2v) is 5.66. The first-order chi connectivity index (χ1) is 12.3. The Morgan fingerprint density at radius 1 is 1.08 bits per heavy atom. The van der Waals surface area contributed by atoms with Crippen molar-refractivity contribution in [3.63, 3.8) is 0 Å². The minimum absolute atomic E-state index is 0.0731. The summed E-state index contributed by atoms with van der Waals surface area (Å²) in [5, 5.41) is 13.4. The van der Waals surface area contributed by atoms with Crippen LogP contribution in [-0.4, -0.2) is 40.4 Å². The van der Waals surface area contributed by atoms with Crippen LogP contribution in [0.25, 0.3) is 11.4 Å². The summed E-state index contributed by atoms with van der Waals surface area (Å²) in [4.78, 5) is 6.53. The number of ether oxygens (including phenoxy) is 1. The minimum Gasteiger partial charge on any atom is -0.497 e. The number of hydrogen-bond donors (Lipinski definition) is 1. The highest BCUT2D eigenvalue weighted by Gasteiger charge is 2.14. The van der Waals surface area contributed by atoms with Crippen molar-refractivity contribution in [2.75, 3.05) is 20.3 Å². The van der Waals surface area contributed by atoms with Gasteiger partial charge in [0, 0.05) is 18.7 Å². The number of aliphatic hydroxyl groups is 1. The summed E-state index contributed by atoms with van der Waals surface area (Å²) in [6, 6.07) is 17.6. The molecule has 0 aliphatic heterocycles. The third-order valence-electron chi connectivity index (χ3n) is 3.82. The molecule has 0 saturated heterocycles. The van der Waals surface area contributed by atoms with Gasteiger partial charge in [-0.05, 0) is 17.7 Å². The third kappa shape index (κ3) is 4.65. The summed E-state index contributed by atoms with van der Waals surface area (Å²) < 4.78 is 10.6. The summed E-state index contributed by atoms with van der Waals surface area (Å²) in [5.74, 6) is 1.79. The minimum atomic E-state index is 0.0731. The number of aliphatic hydroxyl groups excluding tert-OH is 1. The van der Waals surface area contributed by atoms with Crippen LogP contribution in [0.15, 0.2) is 59.1 Å². The van der Waals surface area contributed by atoms with Crippen LogP contribution in [0.2, 0.25) is 0 Å². The number of aromatic nitrogens is 2. The van der Waals surface area contributed by atoms with Gasteiger partial charge in [-0.2, -0.15) is 4.98 Å². The quantitative estimate of drug-likeness (QED) is 0.680. The molecule has 3 aromatic rings. The summed E-state index contributed by atoms with van der Waals surface area (Å²) in [7, 11) is 1.62. The molecule has 0 unspecified atom stereocenters. The Morgan fingerprint density at radius 3 is 2.68 bits per heavy atom. The number of hydrogen-bond acceptors (Lipinski definition) is 6. The van der Waals surface area contributed by atoms with E-state index in [2.05, 4.69) is 27.2 Å². The first-order valence-electron chi connectivity index (χ1n) is 8.12. The average Bonchev–Trinajstić information content (AvgIpc) is 3.11. The third-order valence-corrected chi connectivity index (χ3v) is 3.82. The molecule has 0 fully saturated rings. The number of benzene rings is 2. The van der Waals surface area contributed by atoms with Crippen molar-refractivity contribution in [2.45, 2.75) is 13.1 Å². The first-order valence-corrected chi connectivity index (χ1v) is 8.12. The highest BCUT2D eigenvalue weighted by atomic mass is 16.5. The standard InChI is InChI=1S/C19H21N3O3/c1-24-17-9-5-8-16(12-17)19-20-18(25-21-19)14-22(10-11-23)13-15-6-3-2-4-7-15/h2-9,12,23H,10-11,13-14H2,1H3. The lowest BCUT2D eigenvalue weighted by molar-refractivity contribution is 0.167. The lowest BCUT2D eigenvalue weighted by Crippen LogP contribution is -2.26. The molecule has 130 valence electrons. The van der Waals surface area contributed by atoms with E-state index >= 15 is 0 Å². The van der Waals surface area contributed by atoms with Crippen LogP contribution in [-0.2, 0) is 13.1 Å². The van der Waals surface area contributed by atoms with Gasteiger partial charge in [0.1, 0.15) is 5.75 Å². The lowest BCUT2D eigenvalue weighted by Gasteiger charge is -2.19. The number of nitrogens with zero attached hydrogens (tertiary/aromatic N) is 3. The van der Waals surface area contributed by atoms with Crippen molar-refractivity contribution in [1.82, 2.24) is 15.0 Å². The van der Waals surface area contributed by atoms with Crippen molar-refractivity contribution in [3.8, 4) is 17.1 Å². The molecule has 0 atom stereocenters. The largest absolute Gasteiger partial charge is 0.497 e. The average molecular weight is 339 g/mol. The van der Waals surface area contributed by atoms with Crippen LogP contribution in [0.1, 0.15) is 11.5 Å². The van der Waals surface area contributed by atoms with Crippen molar-refractivity contribution < 1.29 is 14.4 Å². The van der Waals surface area contributed by atoms with E-state index in [0.29, 0.717) is 31.3 Å². The molecule has 0 spiro atoms. The van der Waals surface area contributed by atoms with Crippen LogP contribution in [0.3, 0.4) is 0 Å². The van der Waals surface area contributed by atoms with Gasteiger partial charge in [-0.15, -0.1) is 0 Å². The molecule has 6 heteroatoms. The molecule has 3 rings (SSSR count). The van der Waals surface area contributed by atoms with Crippen LogP contribution < -0.4 is 4.74 Å². The highest BCUT2D eigenvalue weighted by molar-refractivity contribution is 5.56. The Hall–Kier alpha value is -2.70. The van der Waals surface area contributed by atoms with Crippen molar-refractivity contribution in [3.05, 3.63) is 66.1 Å². The van der Waals surface area contributed by atoms with Gasteiger partial charge >= 0.3 is 0 Å². The molecule has 1 aromatic heterocycles. The summed E-state index contributed by atoms with van der Waals surface area (Å²) in [6.45, 7) is 1.79. The Kier molecular flexibility index (Phi) is 5.77. The second kappa shape index (κ2) is 8.41. The van der Waals surface area contributed by atoms with Gasteiger partial charge in [0.15, 0.2) is 0 Å². The molecule has 1 N–H and O–H groups in total. The van der Waals surface area contributed by atoms with E-state index in [-0.39, 0.29) is 6.61 Å². The number of rotatable bonds is 8. The highest BCUT2D eigenvalue weighted by Crippen LogP contribution is 2.21. The summed E-state index contributed by atoms with van der Waals surface area (Å²) in [5.41, 5.74) is 2.01. The maximum absolute atomic E-state index is 9.31. The molecule has 0 saturated carbocycles. The number of methoxy groups -OCH3 is 1. The smallest absolute Gasteiger partial charge is 0.241 e. The molecule has 0 radical (unpaired) electrons. The summed E-state index contributed by atoms with van der Waals surface area (Å²) >= 11 is 0. The second-order valence-electron chi connectivity index (χ2n) is 5.66. The van der Waals surface area contributed by atoms with Gasteiger partial charge in [-0.25, -0.2) is 0 Å². The van der Waals surface area contributed by atoms with Crippen LogP contribution in [0.5, 0.6) is 5.75 Å². The topological polar surface area (TPSA) is 71.6 Å². The Bertz CT molecular complexity index is 789. The van der Waals surface area contributed by atoms with Gasteiger partial charge in [0.05, 0.1) is 20.3 Å². The molecule has 6 nitrogen and oxygen atoms in total. The normalized spacial score (nSPS) is 11.0. The van der Waals surface area contributed by atoms with Crippen molar-refractivity contribution in [1.29, 1.82) is 0 Å². The molecule has 2 aromatic carbocycles. The maximum atomic E-state index is 9.31. The van der Waals surface area contributed by atoms with E-state index < -0.39 is 0 Å². The Labute approximate surface area is 146 Å². The SMILES string of the molecule is COc1cccc(-c2noc(CN(CCO)Cc3ccccc3)n2)c1. The fraction of sp³-hybridized carbons (Fsp3) is 0.263. The van der Waals surface area contributed by atoms with E-state index in [1.807, 2.05) is 42.5 Å². The van der Waals surface area contributed by atoms with E-state index in [1.54, 1.807) is 7.11 Å². The van der Waals surface area contributed by atoms with E-state index in [1.165, 1.54) is 5.56 Å². The zero-order valence-electron chi connectivity index (χ0n) is 14.1. The molecule has 0 aliphatic carbocycles. The van der Waals surface area contributed by atoms with Gasteiger partial charge < -0.3 is 14.4 Å². The van der Waals surface area contributed by atoms with Gasteiger partial charge in [0.25, 0.3) is 0 Å². The lowest BCUT2D eigenvalue weighted by atomic mass is 10.2. The molecular formula is C19H21N3O3. The van der Waals surface area contributed by atoms with Crippen LogP contribution >= 0.6 is 0 Å². The zero-order valence-corrected chi connectivity index (χ0v) is 14.1. The van der Waals surface area contributed by atoms with E-state index in [4.69, 9.17) is 9.26 Å². The van der Waals surface area contributed by atoms with Crippen molar-refractivity contribution >= 4 is 0 Å². The molecule has 0 bridgehead atoms. The predicted molar refractivity (Wildman–Crippen MR) is 93.9 cm³/mol. The monoisotopic (exact) mass is 339 g/mol. The molecule has 0 amide bonds. The van der Waals surface area contributed by atoms with Crippen LogP contribution in [0, 0.1) is 0 Å². The van der Waals surface area contributed by atoms with Crippen molar-refractivity contribution in [2.24, 2.45) is 0 Å². The fourth-order valence-corrected chi connectivity index (χ4v) is 2.59. The fourth-order valence-electron chi connectivity index (χ4n) is 2.59. The van der Waals surface area contributed by atoms with E-state index in [0.717, 1.165) is 11.3 Å². The van der Waals surface area contributed by atoms with Crippen LogP contribution in [0.4, 0.5) is 0 Å². The molecule has 25 heavy (non-hydrogen) atoms. The summed E-state index contributed by atoms with van der Waals surface area (Å²) in [6.07, 6.45) is 0. The zero-order chi connectivity index (χ0) is 17.5. The molecule has 0 aliphatic rings. The molecular weight excluding hydrogens is 318 g/mol. The first kappa shape index (κ1) is 17.1. The van der Waals surface area contributed by atoms with Gasteiger partial charge in [0.2, 0.25) is 11.7 Å². The van der Waals surface area contributed by atoms with Gasteiger partial charge in [-0.1, -0.05) is 47.6 Å². The van der Waals surface area contributed by atoms with E-state index in [9.17, 15) is 5.11 Å². The maximum Gasteiger partial charge on any atom is 0.241 e. The van der Waals surface area contributed by atoms with Gasteiger partial charge in [-0.3, -0.25) is 4.90 Å². The Morgan fingerprint density at radius 2 is 1.92 bits per heavy atom. The molecule has 1 heterocycles. The Balaban J connectivity index is 1.71. The predicted octanol–water partition coefficient (Wildman–Crippen LogP) is 2.74.